The van der Waals surface area contributed by atoms with Crippen LogP contribution in [0.15, 0.2) is 28.8 Å². The van der Waals surface area contributed by atoms with E-state index in [0.29, 0.717) is 17.7 Å². The average Bonchev–Trinajstić information content (AvgIpc) is 3.14. The molecule has 0 saturated carbocycles. The maximum Gasteiger partial charge on any atom is 0.306 e. The van der Waals surface area contributed by atoms with Crippen LogP contribution in [0.5, 0.6) is 0 Å². The number of anilines is 2. The van der Waals surface area contributed by atoms with E-state index >= 15 is 0 Å². The first-order valence-corrected chi connectivity index (χ1v) is 8.63. The number of rotatable bonds is 7. The molecule has 3 rings (SSSR count). The minimum Gasteiger partial charge on any atom is -0.457 e. The quantitative estimate of drug-likeness (QED) is 0.599. The number of aromatic nitrogens is 5. The number of esters is 1. The molecule has 0 saturated heterocycles. The molecular weight excluding hydrogens is 362 g/mol. The fourth-order valence-electron chi connectivity index (χ4n) is 2.29. The molecule has 3 aromatic rings. The molecule has 2 aromatic heterocycles. The Bertz CT molecular complexity index is 954. The summed E-state index contributed by atoms with van der Waals surface area (Å²) in [6, 6.07) is 7.78. The van der Waals surface area contributed by atoms with Gasteiger partial charge in [0.25, 0.3) is 0 Å². The third kappa shape index (κ3) is 5.00. The number of nitrogen functional groups attached to an aromatic ring is 1. The molecule has 10 heteroatoms. The molecule has 0 aliphatic heterocycles. The van der Waals surface area contributed by atoms with Crippen molar-refractivity contribution in [2.24, 2.45) is 0 Å². The third-order valence-electron chi connectivity index (χ3n) is 3.77. The van der Waals surface area contributed by atoms with Gasteiger partial charge in [-0.3, -0.25) is 4.79 Å². The van der Waals surface area contributed by atoms with Crippen molar-refractivity contribution in [2.45, 2.75) is 26.4 Å². The van der Waals surface area contributed by atoms with Crippen LogP contribution in [0.3, 0.4) is 0 Å². The van der Waals surface area contributed by atoms with Crippen LogP contribution in [0.1, 0.15) is 23.7 Å². The predicted molar refractivity (Wildman–Crippen MR) is 101 cm³/mol. The standard InChI is InChI=1S/C18H21N7O3/c1-11-4-6-12(7-5-11)16-22-14(28-24-16)8-9-15(26)27-10-13-20-17(19)23-18(21-13)25(2)3/h4-7H,8-10H2,1-3H3,(H2,19,20,21,23). The lowest BCUT2D eigenvalue weighted by Gasteiger charge is -2.11. The highest BCUT2D eigenvalue weighted by Gasteiger charge is 2.13. The largest absolute Gasteiger partial charge is 0.457 e. The van der Waals surface area contributed by atoms with E-state index in [9.17, 15) is 4.79 Å². The van der Waals surface area contributed by atoms with Crippen LogP contribution in [0, 0.1) is 6.92 Å². The smallest absolute Gasteiger partial charge is 0.306 e. The van der Waals surface area contributed by atoms with Gasteiger partial charge in [-0.15, -0.1) is 0 Å². The molecule has 0 amide bonds. The molecule has 28 heavy (non-hydrogen) atoms. The highest BCUT2D eigenvalue weighted by Crippen LogP contribution is 2.17. The van der Waals surface area contributed by atoms with Gasteiger partial charge in [0.2, 0.25) is 23.6 Å². The fraction of sp³-hybridized carbons (Fsp3) is 0.333. The Morgan fingerprint density at radius 2 is 1.89 bits per heavy atom. The second-order valence-electron chi connectivity index (χ2n) is 6.34. The van der Waals surface area contributed by atoms with Gasteiger partial charge >= 0.3 is 5.97 Å². The topological polar surface area (TPSA) is 133 Å². The zero-order valence-corrected chi connectivity index (χ0v) is 15.9. The van der Waals surface area contributed by atoms with Crippen LogP contribution in [-0.4, -0.2) is 45.2 Å². The zero-order chi connectivity index (χ0) is 20.1. The zero-order valence-electron chi connectivity index (χ0n) is 15.9. The van der Waals surface area contributed by atoms with Crippen molar-refractivity contribution >= 4 is 17.9 Å². The van der Waals surface area contributed by atoms with E-state index in [1.54, 1.807) is 19.0 Å². The molecule has 2 N–H and O–H groups in total. The summed E-state index contributed by atoms with van der Waals surface area (Å²) >= 11 is 0. The Balaban J connectivity index is 1.52. The van der Waals surface area contributed by atoms with Crippen molar-refractivity contribution in [1.82, 2.24) is 25.1 Å². The lowest BCUT2D eigenvalue weighted by atomic mass is 10.1. The molecule has 0 atom stereocenters. The van der Waals surface area contributed by atoms with Crippen LogP contribution in [-0.2, 0) is 22.6 Å². The SMILES string of the molecule is Cc1ccc(-c2noc(CCC(=O)OCc3nc(N)nc(N(C)C)n3)n2)cc1. The first kappa shape index (κ1) is 19.2. The molecule has 10 nitrogen and oxygen atoms in total. The number of nitrogens with two attached hydrogens (primary N) is 1. The number of aryl methyl sites for hydroxylation is 2. The van der Waals surface area contributed by atoms with Gasteiger partial charge in [-0.05, 0) is 6.92 Å². The van der Waals surface area contributed by atoms with Gasteiger partial charge in [-0.2, -0.15) is 19.9 Å². The third-order valence-corrected chi connectivity index (χ3v) is 3.77. The summed E-state index contributed by atoms with van der Waals surface area (Å²) in [7, 11) is 3.56. The minimum absolute atomic E-state index is 0.0687. The van der Waals surface area contributed by atoms with E-state index in [1.807, 2.05) is 31.2 Å². The van der Waals surface area contributed by atoms with Crippen LogP contribution >= 0.6 is 0 Å². The fourth-order valence-corrected chi connectivity index (χ4v) is 2.29. The summed E-state index contributed by atoms with van der Waals surface area (Å²) in [5.74, 6) is 1.17. The summed E-state index contributed by atoms with van der Waals surface area (Å²) in [6.07, 6.45) is 0.372. The van der Waals surface area contributed by atoms with Crippen molar-refractivity contribution in [3.8, 4) is 11.4 Å². The molecule has 0 aliphatic rings. The monoisotopic (exact) mass is 383 g/mol. The van der Waals surface area contributed by atoms with Crippen molar-refractivity contribution in [1.29, 1.82) is 0 Å². The highest BCUT2D eigenvalue weighted by molar-refractivity contribution is 5.69. The number of carbonyl (C=O) groups excluding carboxylic acids is 1. The number of hydrogen-bond donors (Lipinski definition) is 1. The summed E-state index contributed by atoms with van der Waals surface area (Å²) in [6.45, 7) is 1.91. The number of hydrogen-bond acceptors (Lipinski definition) is 10. The van der Waals surface area contributed by atoms with Gasteiger partial charge in [0.1, 0.15) is 0 Å². The van der Waals surface area contributed by atoms with Crippen molar-refractivity contribution < 1.29 is 14.1 Å². The predicted octanol–water partition coefficient (Wildman–Crippen LogP) is 1.55. The molecule has 1 aromatic carbocycles. The lowest BCUT2D eigenvalue weighted by molar-refractivity contribution is -0.145. The normalized spacial score (nSPS) is 10.7. The molecule has 0 bridgehead atoms. The van der Waals surface area contributed by atoms with Crippen molar-refractivity contribution in [2.75, 3.05) is 24.7 Å². The first-order chi connectivity index (χ1) is 13.4. The van der Waals surface area contributed by atoms with Crippen LogP contribution in [0.4, 0.5) is 11.9 Å². The van der Waals surface area contributed by atoms with Gasteiger partial charge in [-0.25, -0.2) is 0 Å². The lowest BCUT2D eigenvalue weighted by Crippen LogP contribution is -2.17. The van der Waals surface area contributed by atoms with E-state index in [-0.39, 0.29) is 31.2 Å². The number of carbonyl (C=O) groups is 1. The van der Waals surface area contributed by atoms with Gasteiger partial charge in [-0.1, -0.05) is 35.0 Å². The Morgan fingerprint density at radius 1 is 1.14 bits per heavy atom. The highest BCUT2D eigenvalue weighted by atomic mass is 16.5. The van der Waals surface area contributed by atoms with Crippen molar-refractivity contribution in [3.05, 3.63) is 41.5 Å². The van der Waals surface area contributed by atoms with Gasteiger partial charge in [0.15, 0.2) is 12.4 Å². The van der Waals surface area contributed by atoms with Crippen LogP contribution in [0.2, 0.25) is 0 Å². The maximum atomic E-state index is 12.0. The maximum absolute atomic E-state index is 12.0. The molecule has 0 unspecified atom stereocenters. The molecule has 0 fully saturated rings. The Hall–Kier alpha value is -3.56. The van der Waals surface area contributed by atoms with E-state index in [0.717, 1.165) is 11.1 Å². The van der Waals surface area contributed by atoms with Gasteiger partial charge in [0.05, 0.1) is 6.42 Å². The summed E-state index contributed by atoms with van der Waals surface area (Å²) in [5, 5.41) is 3.94. The number of benzene rings is 1. The van der Waals surface area contributed by atoms with Crippen LogP contribution in [0.25, 0.3) is 11.4 Å². The summed E-state index contributed by atoms with van der Waals surface area (Å²) < 4.78 is 10.4. The van der Waals surface area contributed by atoms with Crippen LogP contribution < -0.4 is 10.6 Å². The average molecular weight is 383 g/mol. The first-order valence-electron chi connectivity index (χ1n) is 8.63. The summed E-state index contributed by atoms with van der Waals surface area (Å²) in [4.78, 5) is 30.1. The Kier molecular flexibility index (Phi) is 5.78. The van der Waals surface area contributed by atoms with E-state index in [4.69, 9.17) is 15.0 Å². The van der Waals surface area contributed by atoms with E-state index in [1.165, 1.54) is 0 Å². The van der Waals surface area contributed by atoms with Gasteiger partial charge < -0.3 is 19.9 Å². The number of nitrogens with zero attached hydrogens (tertiary/aromatic N) is 6. The molecule has 0 spiro atoms. The molecule has 146 valence electrons. The minimum atomic E-state index is -0.430. The molecule has 2 heterocycles. The summed E-state index contributed by atoms with van der Waals surface area (Å²) in [5.41, 5.74) is 7.64. The number of ether oxygens (including phenoxy) is 1. The van der Waals surface area contributed by atoms with E-state index < -0.39 is 5.97 Å². The second-order valence-corrected chi connectivity index (χ2v) is 6.34. The van der Waals surface area contributed by atoms with E-state index in [2.05, 4.69) is 25.1 Å². The van der Waals surface area contributed by atoms with Gasteiger partial charge in [0, 0.05) is 26.1 Å². The Labute approximate surface area is 161 Å². The molecular formula is C18H21N7O3. The molecule has 0 radical (unpaired) electrons. The van der Waals surface area contributed by atoms with Crippen molar-refractivity contribution in [3.63, 3.8) is 0 Å². The Morgan fingerprint density at radius 3 is 2.61 bits per heavy atom. The second kappa shape index (κ2) is 8.42. The molecule has 0 aliphatic carbocycles.